The van der Waals surface area contributed by atoms with Crippen LogP contribution in [0.3, 0.4) is 0 Å². The summed E-state index contributed by atoms with van der Waals surface area (Å²) in [5.41, 5.74) is 5.47. The Kier molecular flexibility index (Phi) is 20.4. The first-order chi connectivity index (χ1) is 20.8. The largest absolute Gasteiger partial charge is 0.365 e. The summed E-state index contributed by atoms with van der Waals surface area (Å²) in [6.45, 7) is 14.0. The van der Waals surface area contributed by atoms with Gasteiger partial charge in [-0.2, -0.15) is 5.10 Å². The van der Waals surface area contributed by atoms with Crippen LogP contribution in [0.1, 0.15) is 38.3 Å². The highest BCUT2D eigenvalue weighted by Gasteiger charge is 1.79. The van der Waals surface area contributed by atoms with Crippen LogP contribution < -0.4 is 0 Å². The molecule has 43 heavy (non-hydrogen) atoms. The molecule has 0 spiro atoms. The van der Waals surface area contributed by atoms with Crippen molar-refractivity contribution in [3.63, 3.8) is 0 Å². The van der Waals surface area contributed by atoms with E-state index < -0.39 is 0 Å². The van der Waals surface area contributed by atoms with Crippen molar-refractivity contribution < 1.29 is 4.52 Å². The molecule has 0 aliphatic rings. The molecule has 3 N–H and O–H groups in total. The van der Waals surface area contributed by atoms with Gasteiger partial charge in [0.05, 0.1) is 11.7 Å². The van der Waals surface area contributed by atoms with E-state index in [0.29, 0.717) is 0 Å². The number of aromatic nitrogens is 7. The topological polar surface area (TPSA) is 112 Å². The van der Waals surface area contributed by atoms with Gasteiger partial charge >= 0.3 is 0 Å². The van der Waals surface area contributed by atoms with Crippen LogP contribution in [0.5, 0.6) is 0 Å². The third kappa shape index (κ3) is 22.8. The van der Waals surface area contributed by atoms with Crippen LogP contribution >= 0.6 is 22.7 Å². The monoisotopic (exact) mass is 617 g/mol. The van der Waals surface area contributed by atoms with Gasteiger partial charge in [-0.25, -0.2) is 4.98 Å². The smallest absolute Gasteiger partial charge is 0.133 e. The summed E-state index contributed by atoms with van der Waals surface area (Å²) >= 11 is 3.44. The second kappa shape index (κ2) is 24.1. The van der Waals surface area contributed by atoms with Crippen molar-refractivity contribution in [3.05, 3.63) is 153 Å². The second-order valence-corrected chi connectivity index (χ2v) is 11.1. The maximum atomic E-state index is 4.58. The minimum atomic E-state index is 0.856. The predicted molar refractivity (Wildman–Crippen MR) is 181 cm³/mol. The highest BCUT2D eigenvalue weighted by atomic mass is 32.1. The van der Waals surface area contributed by atoms with Gasteiger partial charge in [0.15, 0.2) is 0 Å². The molecule has 8 nitrogen and oxygen atoms in total. The molecule has 0 atom stereocenters. The predicted octanol–water partition coefficient (Wildman–Crippen LogP) is 9.25. The Morgan fingerprint density at radius 2 is 1.44 bits per heavy atom. The number of aromatic amines is 3. The van der Waals surface area contributed by atoms with Crippen molar-refractivity contribution in [1.82, 2.24) is 35.3 Å². The molecule has 0 aliphatic carbocycles. The lowest BCUT2D eigenvalue weighted by Crippen LogP contribution is -1.66. The summed E-state index contributed by atoms with van der Waals surface area (Å²) in [5, 5.41) is 12.0. The number of thiazole rings is 1. The molecule has 0 radical (unpaired) electrons. The summed E-state index contributed by atoms with van der Waals surface area (Å²) in [5.74, 6) is 1.82. The van der Waals surface area contributed by atoms with Crippen LogP contribution in [-0.4, -0.2) is 35.3 Å². The second-order valence-electron chi connectivity index (χ2n) is 8.88. The SMILES string of the molecule is Cc1ccc[nH]1.Cc1ccccc1.Cc1cccs1.Cc1ccn[nH]1.Cc1ccno1.Cc1cncs1.Cc1ncc[nH]1. The van der Waals surface area contributed by atoms with Gasteiger partial charge < -0.3 is 14.5 Å². The van der Waals surface area contributed by atoms with Crippen molar-refractivity contribution in [1.29, 1.82) is 0 Å². The van der Waals surface area contributed by atoms with E-state index in [-0.39, 0.29) is 0 Å². The van der Waals surface area contributed by atoms with Crippen molar-refractivity contribution >= 4 is 22.7 Å². The molecule has 1 aromatic carbocycles. The average Bonchev–Trinajstić information content (AvgIpc) is 3.81. The Hall–Kier alpha value is -4.54. The molecule has 10 heteroatoms. The van der Waals surface area contributed by atoms with Gasteiger partial charge in [0.1, 0.15) is 11.6 Å². The Morgan fingerprint density at radius 1 is 0.651 bits per heavy atom. The number of imidazole rings is 1. The number of nitrogens with one attached hydrogen (secondary N) is 3. The molecule has 0 amide bonds. The molecular formula is C33H43N7OS2. The van der Waals surface area contributed by atoms with Gasteiger partial charge in [0.25, 0.3) is 0 Å². The number of rotatable bonds is 0. The summed E-state index contributed by atoms with van der Waals surface area (Å²) in [7, 11) is 0. The Labute approximate surface area is 263 Å². The van der Waals surface area contributed by atoms with Crippen molar-refractivity contribution in [2.45, 2.75) is 48.5 Å². The molecule has 228 valence electrons. The fourth-order valence-electron chi connectivity index (χ4n) is 2.54. The summed E-state index contributed by atoms with van der Waals surface area (Å²) in [6, 6.07) is 22.2. The number of aryl methyl sites for hydroxylation is 7. The number of hydrogen-bond acceptors (Lipinski definition) is 7. The third-order valence-electron chi connectivity index (χ3n) is 4.75. The van der Waals surface area contributed by atoms with Crippen LogP contribution in [0.2, 0.25) is 0 Å². The minimum absolute atomic E-state index is 0.856. The first-order valence-corrected chi connectivity index (χ1v) is 15.3. The molecule has 6 aromatic heterocycles. The quantitative estimate of drug-likeness (QED) is 0.157. The van der Waals surface area contributed by atoms with E-state index in [1.807, 2.05) is 88.9 Å². The zero-order valence-corrected chi connectivity index (χ0v) is 27.6. The number of benzene rings is 1. The lowest BCUT2D eigenvalue weighted by atomic mass is 10.2. The highest BCUT2D eigenvalue weighted by Crippen LogP contribution is 2.03. The van der Waals surface area contributed by atoms with Crippen LogP contribution in [0.4, 0.5) is 0 Å². The van der Waals surface area contributed by atoms with Crippen LogP contribution in [0, 0.1) is 48.5 Å². The first-order valence-electron chi connectivity index (χ1n) is 13.5. The normalized spacial score (nSPS) is 8.81. The standard InChI is InChI=1S/C7H8.C5H7N.C5H6S.2C4H6N2.C4H5NO.C4H5NS/c1-7-5-3-2-4-6-7;2*1-5-3-2-4-6-5;1-4-5-2-3-6-4;2*1-4-2-3-5-6-4;1-4-2-5-3-6-4/h2-6H,1H3;2-4,6H,1H3;2-4H,1H3;2*2-3H,1H3,(H,5,6);2*2-3H,1H3. The highest BCUT2D eigenvalue weighted by molar-refractivity contribution is 7.09. The third-order valence-corrected chi connectivity index (χ3v) is 6.26. The lowest BCUT2D eigenvalue weighted by molar-refractivity contribution is 0.397. The Balaban J connectivity index is 0.000000251. The van der Waals surface area contributed by atoms with Gasteiger partial charge in [-0.15, -0.1) is 22.7 Å². The minimum Gasteiger partial charge on any atom is -0.365 e. The Morgan fingerprint density at radius 3 is 1.63 bits per heavy atom. The molecular weight excluding hydrogens is 575 g/mol. The van der Waals surface area contributed by atoms with Gasteiger partial charge in [-0.1, -0.05) is 47.1 Å². The van der Waals surface area contributed by atoms with E-state index in [9.17, 15) is 0 Å². The first kappa shape index (κ1) is 36.5. The van der Waals surface area contributed by atoms with Crippen LogP contribution in [0.25, 0.3) is 0 Å². The molecule has 6 heterocycles. The zero-order chi connectivity index (χ0) is 31.5. The molecule has 0 unspecified atom stereocenters. The van der Waals surface area contributed by atoms with E-state index in [4.69, 9.17) is 0 Å². The number of nitrogens with zero attached hydrogens (tertiary/aromatic N) is 4. The molecule has 7 aromatic rings. The van der Waals surface area contributed by atoms with Crippen molar-refractivity contribution in [2.75, 3.05) is 0 Å². The fraction of sp³-hybridized carbons (Fsp3) is 0.212. The van der Waals surface area contributed by atoms with Gasteiger partial charge in [0.2, 0.25) is 0 Å². The van der Waals surface area contributed by atoms with Gasteiger partial charge in [-0.3, -0.25) is 10.1 Å². The molecule has 0 aliphatic heterocycles. The molecule has 0 fully saturated rings. The van der Waals surface area contributed by atoms with Crippen LogP contribution in [-0.2, 0) is 0 Å². The number of H-pyrrole nitrogens is 3. The van der Waals surface area contributed by atoms with E-state index in [1.54, 1.807) is 53.5 Å². The zero-order valence-electron chi connectivity index (χ0n) is 26.0. The van der Waals surface area contributed by atoms with Crippen LogP contribution in [0.15, 0.2) is 119 Å². The van der Waals surface area contributed by atoms with Gasteiger partial charge in [0, 0.05) is 58.2 Å². The van der Waals surface area contributed by atoms with E-state index in [2.05, 4.69) is 83.3 Å². The van der Waals surface area contributed by atoms with Crippen molar-refractivity contribution in [2.24, 2.45) is 0 Å². The number of hydrogen-bond donors (Lipinski definition) is 3. The fourth-order valence-corrected chi connectivity index (χ4v) is 3.48. The van der Waals surface area contributed by atoms with Crippen molar-refractivity contribution in [3.8, 4) is 0 Å². The summed E-state index contributed by atoms with van der Waals surface area (Å²) in [4.78, 5) is 16.2. The average molecular weight is 618 g/mol. The number of thiophene rings is 1. The molecule has 7 rings (SSSR count). The lowest BCUT2D eigenvalue weighted by Gasteiger charge is -1.82. The maximum Gasteiger partial charge on any atom is 0.133 e. The van der Waals surface area contributed by atoms with Gasteiger partial charge in [-0.05, 0) is 78.1 Å². The molecule has 0 saturated heterocycles. The van der Waals surface area contributed by atoms with E-state index in [1.165, 1.54) is 21.0 Å². The molecule has 0 bridgehead atoms. The van der Waals surface area contributed by atoms with E-state index >= 15 is 0 Å². The summed E-state index contributed by atoms with van der Waals surface area (Å²) < 4.78 is 4.58. The molecule has 0 saturated carbocycles. The summed E-state index contributed by atoms with van der Waals surface area (Å²) in [6.07, 6.45) is 10.6. The Bertz CT molecular complexity index is 1190. The maximum absolute atomic E-state index is 4.58. The van der Waals surface area contributed by atoms with E-state index in [0.717, 1.165) is 17.3 Å².